The normalized spacial score (nSPS) is 11.5. The Morgan fingerprint density at radius 1 is 1.22 bits per heavy atom. The molecular formula is C19H20Cl2N2O3S. The Morgan fingerprint density at radius 3 is 2.56 bits per heavy atom. The van der Waals surface area contributed by atoms with Gasteiger partial charge >= 0.3 is 0 Å². The van der Waals surface area contributed by atoms with Crippen LogP contribution in [0, 0.1) is 0 Å². The average molecular weight is 427 g/mol. The van der Waals surface area contributed by atoms with Crippen molar-refractivity contribution in [2.24, 2.45) is 0 Å². The molecule has 0 aliphatic rings. The highest BCUT2D eigenvalue weighted by atomic mass is 35.5. The third-order valence-corrected chi connectivity index (χ3v) is 5.34. The van der Waals surface area contributed by atoms with Crippen molar-refractivity contribution in [3.8, 4) is 0 Å². The Kier molecular flexibility index (Phi) is 6.89. The van der Waals surface area contributed by atoms with E-state index >= 15 is 0 Å². The summed E-state index contributed by atoms with van der Waals surface area (Å²) in [7, 11) is 0. The van der Waals surface area contributed by atoms with E-state index in [0.29, 0.717) is 29.0 Å². The molecule has 2 aromatic heterocycles. The van der Waals surface area contributed by atoms with Crippen molar-refractivity contribution in [3.63, 3.8) is 0 Å². The molecule has 1 N–H and O–H groups in total. The molecule has 3 rings (SSSR count). The number of aromatic nitrogens is 2. The number of aliphatic hydroxyl groups excluding tert-OH is 1. The van der Waals surface area contributed by atoms with Gasteiger partial charge in [0.15, 0.2) is 0 Å². The van der Waals surface area contributed by atoms with Gasteiger partial charge in [-0.15, -0.1) is 0 Å². The third-order valence-electron chi connectivity index (χ3n) is 3.80. The number of ether oxygens (including phenoxy) is 1. The summed E-state index contributed by atoms with van der Waals surface area (Å²) in [4.78, 5) is 0.895. The molecule has 2 heterocycles. The van der Waals surface area contributed by atoms with Crippen molar-refractivity contribution in [1.82, 2.24) is 9.78 Å². The van der Waals surface area contributed by atoms with E-state index in [9.17, 15) is 5.11 Å². The van der Waals surface area contributed by atoms with Crippen LogP contribution in [-0.4, -0.2) is 14.9 Å². The fourth-order valence-corrected chi connectivity index (χ4v) is 4.47. The van der Waals surface area contributed by atoms with E-state index in [1.165, 1.54) is 11.8 Å². The van der Waals surface area contributed by atoms with E-state index < -0.39 is 0 Å². The van der Waals surface area contributed by atoms with E-state index in [1.807, 2.05) is 42.8 Å². The first-order chi connectivity index (χ1) is 13.0. The lowest BCUT2D eigenvalue weighted by molar-refractivity contribution is 0.0900. The first kappa shape index (κ1) is 20.3. The summed E-state index contributed by atoms with van der Waals surface area (Å²) in [5.74, 6) is 0.743. The van der Waals surface area contributed by atoms with Crippen molar-refractivity contribution in [2.75, 3.05) is 0 Å². The minimum Gasteiger partial charge on any atom is -0.467 e. The molecule has 0 bridgehead atoms. The smallest absolute Gasteiger partial charge is 0.129 e. The van der Waals surface area contributed by atoms with Crippen molar-refractivity contribution in [2.45, 2.75) is 49.6 Å². The van der Waals surface area contributed by atoms with Gasteiger partial charge in [0.05, 0.1) is 25.2 Å². The Balaban J connectivity index is 1.89. The molecule has 5 nitrogen and oxygen atoms in total. The third kappa shape index (κ3) is 5.09. The SMILES string of the molecule is CC(C)n1nc(CO)c(COCc2ccco2)c1Sc1cc(Cl)cc(Cl)c1. The second kappa shape index (κ2) is 9.17. The van der Waals surface area contributed by atoms with Crippen LogP contribution < -0.4 is 0 Å². The quantitative estimate of drug-likeness (QED) is 0.498. The molecule has 0 spiro atoms. The minimum absolute atomic E-state index is 0.117. The largest absolute Gasteiger partial charge is 0.467 e. The standard InChI is InChI=1S/C19H20Cl2N2O3S/c1-12(2)23-19(27-16-7-13(20)6-14(21)8-16)17(18(9-24)22-23)11-25-10-15-4-3-5-26-15/h3-8,12,24H,9-11H2,1-2H3. The van der Waals surface area contributed by atoms with Crippen molar-refractivity contribution in [3.05, 3.63) is 63.7 Å². The summed E-state index contributed by atoms with van der Waals surface area (Å²) in [6, 6.07) is 9.18. The summed E-state index contributed by atoms with van der Waals surface area (Å²) in [6.07, 6.45) is 1.61. The van der Waals surface area contributed by atoms with E-state index in [-0.39, 0.29) is 12.6 Å². The molecule has 0 radical (unpaired) electrons. The van der Waals surface area contributed by atoms with E-state index in [0.717, 1.165) is 21.2 Å². The van der Waals surface area contributed by atoms with Crippen molar-refractivity contribution >= 4 is 35.0 Å². The van der Waals surface area contributed by atoms with Crippen LogP contribution in [0.4, 0.5) is 0 Å². The van der Waals surface area contributed by atoms with Crippen LogP contribution in [0.15, 0.2) is 50.9 Å². The van der Waals surface area contributed by atoms with Crippen molar-refractivity contribution < 1.29 is 14.3 Å². The first-order valence-corrected chi connectivity index (χ1v) is 10.0. The fraction of sp³-hybridized carbons (Fsp3) is 0.316. The van der Waals surface area contributed by atoms with Gasteiger partial charge in [0.1, 0.15) is 17.4 Å². The number of rotatable bonds is 8. The Labute approximate surface area is 172 Å². The molecule has 0 aliphatic carbocycles. The van der Waals surface area contributed by atoms with Gasteiger partial charge in [-0.2, -0.15) is 5.10 Å². The molecule has 0 saturated carbocycles. The van der Waals surface area contributed by atoms with E-state index in [1.54, 1.807) is 12.3 Å². The number of nitrogens with zero attached hydrogens (tertiary/aromatic N) is 2. The predicted octanol–water partition coefficient (Wildman–Crippen LogP) is 5.72. The maximum absolute atomic E-state index is 9.77. The zero-order valence-electron chi connectivity index (χ0n) is 15.0. The number of furan rings is 1. The number of hydrogen-bond donors (Lipinski definition) is 1. The molecule has 144 valence electrons. The highest BCUT2D eigenvalue weighted by molar-refractivity contribution is 7.99. The van der Waals surface area contributed by atoms with Crippen LogP contribution in [0.2, 0.25) is 10.0 Å². The van der Waals surface area contributed by atoms with Gasteiger partial charge in [-0.25, -0.2) is 0 Å². The summed E-state index contributed by atoms with van der Waals surface area (Å²) < 4.78 is 13.0. The van der Waals surface area contributed by atoms with Crippen LogP contribution in [0.25, 0.3) is 0 Å². The van der Waals surface area contributed by atoms with Gasteiger partial charge < -0.3 is 14.3 Å². The number of benzene rings is 1. The van der Waals surface area contributed by atoms with Gasteiger partial charge in [0, 0.05) is 26.5 Å². The molecule has 1 aromatic carbocycles. The molecule has 27 heavy (non-hydrogen) atoms. The Hall–Kier alpha value is -1.44. The molecule has 0 unspecified atom stereocenters. The fourth-order valence-electron chi connectivity index (χ4n) is 2.58. The monoisotopic (exact) mass is 426 g/mol. The van der Waals surface area contributed by atoms with Gasteiger partial charge in [-0.1, -0.05) is 35.0 Å². The van der Waals surface area contributed by atoms with Crippen LogP contribution in [0.1, 0.15) is 36.9 Å². The summed E-state index contributed by atoms with van der Waals surface area (Å²) >= 11 is 13.8. The lowest BCUT2D eigenvalue weighted by Crippen LogP contribution is -2.05. The molecule has 0 aliphatic heterocycles. The first-order valence-electron chi connectivity index (χ1n) is 8.43. The Morgan fingerprint density at radius 2 is 1.96 bits per heavy atom. The van der Waals surface area contributed by atoms with E-state index in [2.05, 4.69) is 5.10 Å². The second-order valence-corrected chi connectivity index (χ2v) is 8.14. The van der Waals surface area contributed by atoms with Crippen LogP contribution in [-0.2, 0) is 24.6 Å². The molecule has 0 fully saturated rings. The number of hydrogen-bond acceptors (Lipinski definition) is 5. The van der Waals surface area contributed by atoms with E-state index in [4.69, 9.17) is 32.4 Å². The van der Waals surface area contributed by atoms with Gasteiger partial charge in [-0.3, -0.25) is 4.68 Å². The average Bonchev–Trinajstić information content (AvgIpc) is 3.22. The molecule has 0 amide bonds. The van der Waals surface area contributed by atoms with Gasteiger partial charge in [0.2, 0.25) is 0 Å². The summed E-state index contributed by atoms with van der Waals surface area (Å²) in [5, 5.41) is 16.4. The van der Waals surface area contributed by atoms with Crippen LogP contribution in [0.5, 0.6) is 0 Å². The Bertz CT molecular complexity index is 874. The zero-order valence-corrected chi connectivity index (χ0v) is 17.3. The van der Waals surface area contributed by atoms with Crippen LogP contribution >= 0.6 is 35.0 Å². The topological polar surface area (TPSA) is 60.4 Å². The summed E-state index contributed by atoms with van der Waals surface area (Å²) in [6.45, 7) is 4.56. The number of halogens is 2. The van der Waals surface area contributed by atoms with Crippen LogP contribution in [0.3, 0.4) is 0 Å². The molecular weight excluding hydrogens is 407 g/mol. The van der Waals surface area contributed by atoms with Gasteiger partial charge in [-0.05, 0) is 44.2 Å². The predicted molar refractivity (Wildman–Crippen MR) is 106 cm³/mol. The minimum atomic E-state index is -0.164. The maximum Gasteiger partial charge on any atom is 0.129 e. The zero-order chi connectivity index (χ0) is 19.4. The molecule has 8 heteroatoms. The van der Waals surface area contributed by atoms with Gasteiger partial charge in [0.25, 0.3) is 0 Å². The highest BCUT2D eigenvalue weighted by Crippen LogP contribution is 2.37. The lowest BCUT2D eigenvalue weighted by atomic mass is 10.2. The lowest BCUT2D eigenvalue weighted by Gasteiger charge is -2.13. The molecule has 3 aromatic rings. The number of aliphatic hydroxyl groups is 1. The highest BCUT2D eigenvalue weighted by Gasteiger charge is 2.21. The maximum atomic E-state index is 9.77. The molecule has 0 atom stereocenters. The van der Waals surface area contributed by atoms with Crippen molar-refractivity contribution in [1.29, 1.82) is 0 Å². The summed E-state index contributed by atoms with van der Waals surface area (Å²) in [5.41, 5.74) is 1.44. The second-order valence-electron chi connectivity index (χ2n) is 6.21. The molecule has 0 saturated heterocycles.